The van der Waals surface area contributed by atoms with Crippen molar-refractivity contribution in [1.82, 2.24) is 15.2 Å². The Morgan fingerprint density at radius 1 is 1.15 bits per heavy atom. The third kappa shape index (κ3) is 4.01. The Labute approximate surface area is 160 Å². The summed E-state index contributed by atoms with van der Waals surface area (Å²) < 4.78 is 0. The molecule has 1 amide bonds. The number of nitrogens with one attached hydrogen (secondary N) is 1. The number of rotatable bonds is 5. The van der Waals surface area contributed by atoms with Crippen molar-refractivity contribution in [2.24, 2.45) is 0 Å². The number of aromatic nitrogens is 1. The summed E-state index contributed by atoms with van der Waals surface area (Å²) in [5.41, 5.74) is 3.54. The molecule has 2 heterocycles. The maximum Gasteiger partial charge on any atom is 0.217 e. The number of pyridine rings is 1. The van der Waals surface area contributed by atoms with Crippen molar-refractivity contribution in [3.63, 3.8) is 0 Å². The summed E-state index contributed by atoms with van der Waals surface area (Å²) >= 11 is 0. The lowest BCUT2D eigenvalue weighted by molar-refractivity contribution is -0.119. The molecular weight excluding hydrogens is 334 g/mol. The lowest BCUT2D eigenvalue weighted by Gasteiger charge is -2.25. The Hall–Kier alpha value is -2.72. The van der Waals surface area contributed by atoms with Crippen LogP contribution in [0.2, 0.25) is 0 Å². The summed E-state index contributed by atoms with van der Waals surface area (Å²) in [6.07, 6.45) is 4.23. The largest absolute Gasteiger partial charge is 0.352 e. The molecule has 2 aromatic carbocycles. The van der Waals surface area contributed by atoms with Gasteiger partial charge in [0.25, 0.3) is 0 Å². The van der Waals surface area contributed by atoms with E-state index in [9.17, 15) is 4.79 Å². The van der Waals surface area contributed by atoms with Crippen LogP contribution in [0, 0.1) is 0 Å². The van der Waals surface area contributed by atoms with Crippen molar-refractivity contribution in [2.75, 3.05) is 6.54 Å². The van der Waals surface area contributed by atoms with Gasteiger partial charge in [0, 0.05) is 26.2 Å². The molecule has 4 rings (SSSR count). The Morgan fingerprint density at radius 2 is 2.00 bits per heavy atom. The van der Waals surface area contributed by atoms with E-state index in [0.29, 0.717) is 12.6 Å². The van der Waals surface area contributed by atoms with Crippen LogP contribution in [0.3, 0.4) is 0 Å². The topological polar surface area (TPSA) is 45.2 Å². The van der Waals surface area contributed by atoms with Gasteiger partial charge in [0.2, 0.25) is 5.91 Å². The summed E-state index contributed by atoms with van der Waals surface area (Å²) in [6, 6.07) is 19.7. The lowest BCUT2D eigenvalue weighted by Crippen LogP contribution is -2.24. The van der Waals surface area contributed by atoms with Crippen molar-refractivity contribution in [2.45, 2.75) is 38.9 Å². The SMILES string of the molecule is CC(=O)NCc1ccc([C@@H]2CCCN2Cc2cccc3ccccc23)nc1. The number of hydrogen-bond acceptors (Lipinski definition) is 3. The van der Waals surface area contributed by atoms with Crippen LogP contribution in [0.5, 0.6) is 0 Å². The molecule has 0 aliphatic carbocycles. The minimum absolute atomic E-state index is 0.0175. The van der Waals surface area contributed by atoms with Crippen molar-refractivity contribution >= 4 is 16.7 Å². The average Bonchev–Trinajstić information content (AvgIpc) is 3.15. The Bertz CT molecular complexity index is 931. The summed E-state index contributed by atoms with van der Waals surface area (Å²) in [5, 5.41) is 5.45. The Morgan fingerprint density at radius 3 is 2.81 bits per heavy atom. The van der Waals surface area contributed by atoms with E-state index in [0.717, 1.165) is 30.8 Å². The number of likely N-dealkylation sites (tertiary alicyclic amines) is 1. The second-order valence-electron chi connectivity index (χ2n) is 7.27. The highest BCUT2D eigenvalue weighted by molar-refractivity contribution is 5.85. The van der Waals surface area contributed by atoms with Crippen LogP contribution < -0.4 is 5.32 Å². The molecule has 3 aromatic rings. The molecular formula is C23H25N3O. The number of fused-ring (bicyclic) bond motifs is 1. The first-order valence-corrected chi connectivity index (χ1v) is 9.60. The van der Waals surface area contributed by atoms with Crippen molar-refractivity contribution in [1.29, 1.82) is 0 Å². The molecule has 0 spiro atoms. The lowest BCUT2D eigenvalue weighted by atomic mass is 10.0. The fraction of sp³-hybridized carbons (Fsp3) is 0.304. The van der Waals surface area contributed by atoms with Crippen LogP contribution in [0.25, 0.3) is 10.8 Å². The number of amides is 1. The van der Waals surface area contributed by atoms with Crippen LogP contribution >= 0.6 is 0 Å². The van der Waals surface area contributed by atoms with Crippen LogP contribution in [0.4, 0.5) is 0 Å². The van der Waals surface area contributed by atoms with E-state index in [1.165, 1.54) is 29.7 Å². The molecule has 0 saturated carbocycles. The van der Waals surface area contributed by atoms with E-state index in [1.807, 2.05) is 6.20 Å². The molecule has 1 saturated heterocycles. The van der Waals surface area contributed by atoms with Crippen molar-refractivity contribution in [3.8, 4) is 0 Å². The molecule has 1 fully saturated rings. The van der Waals surface area contributed by atoms with Crippen LogP contribution in [0.1, 0.15) is 42.6 Å². The zero-order chi connectivity index (χ0) is 18.6. The van der Waals surface area contributed by atoms with Gasteiger partial charge in [-0.3, -0.25) is 14.7 Å². The summed E-state index contributed by atoms with van der Waals surface area (Å²) in [7, 11) is 0. The molecule has 1 aliphatic rings. The molecule has 1 aliphatic heterocycles. The Kier molecular flexibility index (Phi) is 5.16. The minimum atomic E-state index is -0.0175. The van der Waals surface area contributed by atoms with Gasteiger partial charge in [-0.15, -0.1) is 0 Å². The smallest absolute Gasteiger partial charge is 0.217 e. The maximum absolute atomic E-state index is 11.1. The third-order valence-electron chi connectivity index (χ3n) is 5.35. The predicted octanol–water partition coefficient (Wildman–Crippen LogP) is 4.21. The molecule has 0 bridgehead atoms. The number of hydrogen-bond donors (Lipinski definition) is 1. The summed E-state index contributed by atoms with van der Waals surface area (Å²) in [4.78, 5) is 18.3. The molecule has 138 valence electrons. The van der Waals surface area contributed by atoms with Gasteiger partial charge in [-0.2, -0.15) is 0 Å². The fourth-order valence-corrected chi connectivity index (χ4v) is 3.96. The molecule has 1 N–H and O–H groups in total. The summed E-state index contributed by atoms with van der Waals surface area (Å²) in [5.74, 6) is -0.0175. The van der Waals surface area contributed by atoms with E-state index in [1.54, 1.807) is 0 Å². The quantitative estimate of drug-likeness (QED) is 0.742. The van der Waals surface area contributed by atoms with Gasteiger partial charge in [-0.25, -0.2) is 0 Å². The fourth-order valence-electron chi connectivity index (χ4n) is 3.96. The molecule has 27 heavy (non-hydrogen) atoms. The monoisotopic (exact) mass is 359 g/mol. The minimum Gasteiger partial charge on any atom is -0.352 e. The van der Waals surface area contributed by atoms with E-state index in [4.69, 9.17) is 4.98 Å². The van der Waals surface area contributed by atoms with E-state index in [-0.39, 0.29) is 5.91 Å². The molecule has 0 radical (unpaired) electrons. The van der Waals surface area contributed by atoms with E-state index >= 15 is 0 Å². The normalized spacial score (nSPS) is 17.3. The van der Waals surface area contributed by atoms with Gasteiger partial charge >= 0.3 is 0 Å². The number of benzene rings is 2. The van der Waals surface area contributed by atoms with Crippen LogP contribution in [-0.2, 0) is 17.9 Å². The molecule has 4 nitrogen and oxygen atoms in total. The first-order valence-electron chi connectivity index (χ1n) is 9.60. The van der Waals surface area contributed by atoms with Crippen LogP contribution in [-0.4, -0.2) is 22.3 Å². The zero-order valence-corrected chi connectivity index (χ0v) is 15.7. The van der Waals surface area contributed by atoms with Gasteiger partial charge in [0.05, 0.1) is 11.7 Å². The van der Waals surface area contributed by atoms with Crippen molar-refractivity contribution < 1.29 is 4.79 Å². The molecule has 4 heteroatoms. The zero-order valence-electron chi connectivity index (χ0n) is 15.7. The molecule has 1 atom stereocenters. The number of carbonyl (C=O) groups is 1. The Balaban J connectivity index is 1.51. The maximum atomic E-state index is 11.1. The van der Waals surface area contributed by atoms with Gasteiger partial charge < -0.3 is 5.32 Å². The first-order chi connectivity index (χ1) is 13.2. The average molecular weight is 359 g/mol. The van der Waals surface area contributed by atoms with Crippen LogP contribution in [0.15, 0.2) is 60.8 Å². The van der Waals surface area contributed by atoms with Gasteiger partial charge in [-0.05, 0) is 47.4 Å². The standard InChI is InChI=1S/C23H25N3O/c1-17(27)24-14-18-11-12-22(25-15-18)23-10-5-13-26(23)16-20-8-4-7-19-6-2-3-9-21(19)20/h2-4,6-9,11-12,15,23H,5,10,13-14,16H2,1H3,(H,24,27)/t23-/m0/s1. The molecule has 1 aromatic heterocycles. The van der Waals surface area contributed by atoms with E-state index < -0.39 is 0 Å². The van der Waals surface area contributed by atoms with Gasteiger partial charge in [0.1, 0.15) is 0 Å². The third-order valence-corrected chi connectivity index (χ3v) is 5.35. The number of nitrogens with zero attached hydrogens (tertiary/aromatic N) is 2. The van der Waals surface area contributed by atoms with Crippen molar-refractivity contribution in [3.05, 3.63) is 77.6 Å². The number of carbonyl (C=O) groups excluding carboxylic acids is 1. The first kappa shape index (κ1) is 17.7. The summed E-state index contributed by atoms with van der Waals surface area (Å²) in [6.45, 7) is 4.11. The highest BCUT2D eigenvalue weighted by Crippen LogP contribution is 2.33. The molecule has 0 unspecified atom stereocenters. The van der Waals surface area contributed by atoms with Gasteiger partial charge in [0.15, 0.2) is 0 Å². The highest BCUT2D eigenvalue weighted by Gasteiger charge is 2.27. The highest BCUT2D eigenvalue weighted by atomic mass is 16.1. The second-order valence-corrected chi connectivity index (χ2v) is 7.27. The van der Waals surface area contributed by atoms with Gasteiger partial charge in [-0.1, -0.05) is 48.5 Å². The van der Waals surface area contributed by atoms with E-state index in [2.05, 4.69) is 64.8 Å². The predicted molar refractivity (Wildman–Crippen MR) is 108 cm³/mol. The second kappa shape index (κ2) is 7.89.